The largest absolute Gasteiger partial charge is 0.481 e. The van der Waals surface area contributed by atoms with E-state index in [2.05, 4.69) is 20.6 Å². The number of carboxylic acids is 1. The molecule has 1 aromatic carbocycles. The summed E-state index contributed by atoms with van der Waals surface area (Å²) in [5.41, 5.74) is 2.34. The lowest BCUT2D eigenvalue weighted by molar-refractivity contribution is -0.137. The molecule has 1 amide bonds. The number of ether oxygens (including phenoxy) is 1. The van der Waals surface area contributed by atoms with E-state index in [-0.39, 0.29) is 24.5 Å². The number of amides is 1. The zero-order valence-electron chi connectivity index (χ0n) is 18.6. The van der Waals surface area contributed by atoms with Gasteiger partial charge in [-0.25, -0.2) is 4.79 Å². The first kappa shape index (κ1) is 23.8. The number of ketones is 1. The maximum atomic E-state index is 13.0. The summed E-state index contributed by atoms with van der Waals surface area (Å²) in [4.78, 5) is 35.6. The summed E-state index contributed by atoms with van der Waals surface area (Å²) in [5, 5.41) is 23.7. The second-order valence-electron chi connectivity index (χ2n) is 8.18. The number of aryl methyl sites for hydroxylation is 1. The van der Waals surface area contributed by atoms with Crippen LogP contribution in [0.3, 0.4) is 0 Å². The van der Waals surface area contributed by atoms with Crippen molar-refractivity contribution in [1.82, 2.24) is 9.78 Å². The summed E-state index contributed by atoms with van der Waals surface area (Å²) in [6, 6.07) is 7.13. The van der Waals surface area contributed by atoms with E-state index in [4.69, 9.17) is 9.84 Å². The third kappa shape index (κ3) is 7.09. The van der Waals surface area contributed by atoms with E-state index in [9.17, 15) is 14.4 Å². The molecule has 2 heterocycles. The third-order valence-electron chi connectivity index (χ3n) is 4.84. The average molecular weight is 453 g/mol. The van der Waals surface area contributed by atoms with Gasteiger partial charge < -0.3 is 9.84 Å². The molecule has 0 saturated carbocycles. The van der Waals surface area contributed by atoms with Gasteiger partial charge in [0, 0.05) is 43.0 Å². The highest BCUT2D eigenvalue weighted by molar-refractivity contribution is 6.45. The second-order valence-corrected chi connectivity index (χ2v) is 8.18. The van der Waals surface area contributed by atoms with Crippen molar-refractivity contribution >= 4 is 35.5 Å². The Bertz CT molecular complexity index is 1070. The van der Waals surface area contributed by atoms with Crippen LogP contribution in [-0.4, -0.2) is 51.3 Å². The van der Waals surface area contributed by atoms with Gasteiger partial charge in [0.05, 0.1) is 18.7 Å². The molecule has 174 valence electrons. The van der Waals surface area contributed by atoms with Crippen molar-refractivity contribution in [3.63, 3.8) is 0 Å². The van der Waals surface area contributed by atoms with Crippen LogP contribution in [0.25, 0.3) is 0 Å². The number of carbonyl (C=O) groups excluding carboxylic acids is 2. The van der Waals surface area contributed by atoms with Crippen molar-refractivity contribution in [2.75, 3.05) is 11.9 Å². The summed E-state index contributed by atoms with van der Waals surface area (Å²) >= 11 is 0. The number of nitrogens with one attached hydrogen (secondary N) is 1. The average Bonchev–Trinajstić information content (AvgIpc) is 3.22. The summed E-state index contributed by atoms with van der Waals surface area (Å²) in [6.07, 6.45) is 5.03. The number of aliphatic carboxylic acids is 1. The normalized spacial score (nSPS) is 15.4. The maximum Gasteiger partial charge on any atom is 0.411 e. The lowest BCUT2D eigenvalue weighted by Crippen LogP contribution is -2.27. The van der Waals surface area contributed by atoms with Gasteiger partial charge in [0.1, 0.15) is 5.71 Å². The Morgan fingerprint density at radius 1 is 1.30 bits per heavy atom. The highest BCUT2D eigenvalue weighted by Gasteiger charge is 2.28. The Labute approximate surface area is 191 Å². The van der Waals surface area contributed by atoms with Gasteiger partial charge >= 0.3 is 12.1 Å². The van der Waals surface area contributed by atoms with Crippen molar-refractivity contribution in [3.8, 4) is 0 Å². The fraction of sp³-hybridized carbons (Fsp3) is 0.391. The first-order chi connectivity index (χ1) is 15.8. The number of rotatable bonds is 10. The highest BCUT2D eigenvalue weighted by Crippen LogP contribution is 2.21. The molecule has 0 spiro atoms. The Balaban J connectivity index is 1.61. The van der Waals surface area contributed by atoms with Crippen LogP contribution in [0.2, 0.25) is 0 Å². The number of carboxylic acid groups (broad SMARTS) is 1. The van der Waals surface area contributed by atoms with Crippen molar-refractivity contribution in [3.05, 3.63) is 47.8 Å². The number of Topliss-reactive ketones (excluding diaryl/α,β-unsaturated/α-hetero) is 1. The Morgan fingerprint density at radius 2 is 2.12 bits per heavy atom. The van der Waals surface area contributed by atoms with Crippen LogP contribution in [0, 0.1) is 5.92 Å². The van der Waals surface area contributed by atoms with Crippen LogP contribution in [0.1, 0.15) is 43.7 Å². The molecule has 0 saturated heterocycles. The summed E-state index contributed by atoms with van der Waals surface area (Å²) < 4.78 is 6.75. The van der Waals surface area contributed by atoms with Crippen LogP contribution in [0.15, 0.2) is 46.9 Å². The van der Waals surface area contributed by atoms with Gasteiger partial charge in [0.15, 0.2) is 5.78 Å². The van der Waals surface area contributed by atoms with Crippen LogP contribution in [0.5, 0.6) is 0 Å². The van der Waals surface area contributed by atoms with E-state index in [0.717, 1.165) is 5.56 Å². The minimum atomic E-state index is -0.857. The molecule has 2 aromatic rings. The van der Waals surface area contributed by atoms with Crippen LogP contribution in [-0.2, 0) is 27.3 Å². The lowest BCUT2D eigenvalue weighted by atomic mass is 9.92. The van der Waals surface area contributed by atoms with E-state index in [0.29, 0.717) is 36.5 Å². The summed E-state index contributed by atoms with van der Waals surface area (Å²) in [7, 11) is 0. The van der Waals surface area contributed by atoms with Crippen LogP contribution < -0.4 is 5.32 Å². The predicted octanol–water partition coefficient (Wildman–Crippen LogP) is 3.29. The fourth-order valence-electron chi connectivity index (χ4n) is 3.23. The van der Waals surface area contributed by atoms with Crippen molar-refractivity contribution < 1.29 is 24.2 Å². The molecule has 2 N–H and O–H groups in total. The summed E-state index contributed by atoms with van der Waals surface area (Å²) in [5.74, 6) is -1.39. The molecule has 1 atom stereocenters. The quantitative estimate of drug-likeness (QED) is 0.567. The topological polar surface area (TPSA) is 135 Å². The van der Waals surface area contributed by atoms with Gasteiger partial charge in [0.25, 0.3) is 0 Å². The number of carbonyl (C=O) groups is 3. The molecule has 0 bridgehead atoms. The maximum absolute atomic E-state index is 13.0. The smallest absolute Gasteiger partial charge is 0.411 e. The van der Waals surface area contributed by atoms with Crippen LogP contribution in [0.4, 0.5) is 10.5 Å². The highest BCUT2D eigenvalue weighted by atomic mass is 16.5. The second kappa shape index (κ2) is 11.2. The molecular formula is C23H27N5O5. The molecule has 1 aliphatic rings. The molecule has 3 rings (SSSR count). The number of nitrogens with zero attached hydrogens (tertiary/aromatic N) is 4. The zero-order chi connectivity index (χ0) is 23.8. The molecular weight excluding hydrogens is 426 g/mol. The van der Waals surface area contributed by atoms with E-state index in [1.54, 1.807) is 35.3 Å². The number of anilines is 1. The van der Waals surface area contributed by atoms with Gasteiger partial charge in [-0.2, -0.15) is 15.3 Å². The molecule has 1 unspecified atom stereocenters. The Morgan fingerprint density at radius 3 is 2.88 bits per heavy atom. The molecule has 0 fully saturated rings. The van der Waals surface area contributed by atoms with E-state index in [1.165, 1.54) is 6.21 Å². The van der Waals surface area contributed by atoms with E-state index < -0.39 is 18.0 Å². The number of aromatic nitrogens is 2. The van der Waals surface area contributed by atoms with Gasteiger partial charge in [-0.1, -0.05) is 26.0 Å². The Hall–Kier alpha value is -3.82. The summed E-state index contributed by atoms with van der Waals surface area (Å²) in [6.45, 7) is 4.68. The molecule has 1 aromatic heterocycles. The monoisotopic (exact) mass is 453 g/mol. The molecule has 1 aliphatic heterocycles. The third-order valence-corrected chi connectivity index (χ3v) is 4.84. The van der Waals surface area contributed by atoms with Crippen LogP contribution >= 0.6 is 0 Å². The van der Waals surface area contributed by atoms with Crippen molar-refractivity contribution in [2.24, 2.45) is 16.1 Å². The fourth-order valence-corrected chi connectivity index (χ4v) is 3.23. The van der Waals surface area contributed by atoms with Crippen molar-refractivity contribution in [2.45, 2.75) is 45.6 Å². The Kier molecular flexibility index (Phi) is 8.06. The molecule has 0 aliphatic carbocycles. The van der Waals surface area contributed by atoms with Gasteiger partial charge in [0.2, 0.25) is 0 Å². The van der Waals surface area contributed by atoms with Gasteiger partial charge in [-0.15, -0.1) is 0 Å². The lowest BCUT2D eigenvalue weighted by Gasteiger charge is -2.14. The van der Waals surface area contributed by atoms with Gasteiger partial charge in [-0.05, 0) is 30.0 Å². The minimum Gasteiger partial charge on any atom is -0.481 e. The van der Waals surface area contributed by atoms with Gasteiger partial charge in [-0.3, -0.25) is 19.6 Å². The van der Waals surface area contributed by atoms with E-state index >= 15 is 0 Å². The molecule has 0 radical (unpaired) electrons. The van der Waals surface area contributed by atoms with Crippen molar-refractivity contribution in [1.29, 1.82) is 0 Å². The minimum absolute atomic E-state index is 0.0547. The number of hydrogen-bond donors (Lipinski definition) is 2. The number of hydrogen-bond acceptors (Lipinski definition) is 7. The number of benzene rings is 1. The standard InChI is InChI=1S/C23H27N5O5/c1-15(2)14-33-23(32)26-18-6-3-5-16(9-18)10-20-22(31)19(12-24-27-20)17-11-25-28(13-17)8-4-7-21(29)30/h3,5-6,9,11-13,15,19H,4,7-8,10,14H2,1-2H3,(H,26,32)(H,29,30). The van der Waals surface area contributed by atoms with E-state index in [1.807, 2.05) is 19.9 Å². The SMILES string of the molecule is CC(C)COC(=O)Nc1cccc(CC2=NN=CC(c3cnn(CCCC(=O)O)c3)C2=O)c1. The molecule has 33 heavy (non-hydrogen) atoms. The molecule has 10 nitrogen and oxygen atoms in total. The molecule has 10 heteroatoms. The first-order valence-electron chi connectivity index (χ1n) is 10.7. The first-order valence-corrected chi connectivity index (χ1v) is 10.7. The zero-order valence-corrected chi connectivity index (χ0v) is 18.6. The predicted molar refractivity (Wildman–Crippen MR) is 123 cm³/mol.